The fourth-order valence-electron chi connectivity index (χ4n) is 1.69. The van der Waals surface area contributed by atoms with E-state index in [4.69, 9.17) is 11.6 Å². The number of carbonyl (C=O) groups is 1. The zero-order valence-electron chi connectivity index (χ0n) is 11.5. The fourth-order valence-corrected chi connectivity index (χ4v) is 1.89. The summed E-state index contributed by atoms with van der Waals surface area (Å²) in [6.07, 6.45) is -10.8. The number of ether oxygens (including phenoxy) is 2. The Hall–Kier alpha value is -1.71. The van der Waals surface area contributed by atoms with Crippen molar-refractivity contribution < 1.29 is 40.6 Å². The maximum Gasteiger partial charge on any atom is 0.573 e. The lowest BCUT2D eigenvalue weighted by Gasteiger charge is -2.20. The van der Waals surface area contributed by atoms with E-state index in [0.717, 1.165) is 0 Å². The van der Waals surface area contributed by atoms with E-state index in [1.54, 1.807) is 0 Å². The molecule has 1 rings (SSSR count). The van der Waals surface area contributed by atoms with Gasteiger partial charge in [-0.3, -0.25) is 9.78 Å². The number of nitrogens with zero attached hydrogens (tertiary/aromatic N) is 1. The van der Waals surface area contributed by atoms with Crippen molar-refractivity contribution in [2.45, 2.75) is 31.8 Å². The third-order valence-electron chi connectivity index (χ3n) is 2.45. The van der Waals surface area contributed by atoms with Crippen molar-refractivity contribution in [1.82, 2.24) is 4.98 Å². The predicted octanol–water partition coefficient (Wildman–Crippen LogP) is 3.84. The summed E-state index contributed by atoms with van der Waals surface area (Å²) in [7, 11) is 0. The molecule has 0 saturated heterocycles. The summed E-state index contributed by atoms with van der Waals surface area (Å²) in [5, 5.41) is 0. The molecule has 0 aliphatic carbocycles. The molecule has 11 heteroatoms. The third kappa shape index (κ3) is 5.45. The fraction of sp³-hybridized carbons (Fsp3) is 0.500. The average molecular weight is 366 g/mol. The lowest BCUT2D eigenvalue weighted by Crippen LogP contribution is -2.24. The molecule has 0 aliphatic heterocycles. The zero-order chi connectivity index (χ0) is 17.8. The van der Waals surface area contributed by atoms with Crippen LogP contribution >= 0.6 is 11.6 Å². The van der Waals surface area contributed by atoms with Crippen LogP contribution in [0.3, 0.4) is 0 Å². The van der Waals surface area contributed by atoms with E-state index in [1.807, 2.05) is 0 Å². The largest absolute Gasteiger partial charge is 0.573 e. The van der Waals surface area contributed by atoms with Crippen molar-refractivity contribution in [2.75, 3.05) is 6.61 Å². The van der Waals surface area contributed by atoms with Gasteiger partial charge in [0, 0.05) is 11.8 Å². The molecule has 0 spiro atoms. The molecule has 0 atom stereocenters. The van der Waals surface area contributed by atoms with E-state index in [1.165, 1.54) is 6.92 Å². The standard InChI is InChI=1S/C12H10ClF6NO3/c1-2-22-8(21)3-6-5-20-7(4-13)9(11(14,15)16)10(6)23-12(17,18)19/h5H,2-4H2,1H3. The Kier molecular flexibility index (Phi) is 6.09. The molecule has 1 aromatic heterocycles. The number of carbonyl (C=O) groups excluding carboxylic acids is 1. The molecule has 23 heavy (non-hydrogen) atoms. The number of halogens is 7. The van der Waals surface area contributed by atoms with Crippen molar-refractivity contribution in [1.29, 1.82) is 0 Å². The van der Waals surface area contributed by atoms with Crippen molar-refractivity contribution in [3.05, 3.63) is 23.0 Å². The van der Waals surface area contributed by atoms with Crippen LogP contribution < -0.4 is 4.74 Å². The first-order chi connectivity index (χ1) is 10.5. The molecular formula is C12H10ClF6NO3. The van der Waals surface area contributed by atoms with Crippen LogP contribution in [0.4, 0.5) is 26.3 Å². The Balaban J connectivity index is 3.48. The van der Waals surface area contributed by atoms with Gasteiger partial charge in [-0.25, -0.2) is 0 Å². The SMILES string of the molecule is CCOC(=O)Cc1cnc(CCl)c(C(F)(F)F)c1OC(F)(F)F. The quantitative estimate of drug-likeness (QED) is 0.452. The number of hydrogen-bond acceptors (Lipinski definition) is 4. The van der Waals surface area contributed by atoms with Gasteiger partial charge in [-0.05, 0) is 6.92 Å². The summed E-state index contributed by atoms with van der Waals surface area (Å²) >= 11 is 5.30. The van der Waals surface area contributed by atoms with Crippen LogP contribution in [0.15, 0.2) is 6.20 Å². The highest BCUT2D eigenvalue weighted by Gasteiger charge is 2.43. The first-order valence-corrected chi connectivity index (χ1v) is 6.58. The molecule has 0 amide bonds. The van der Waals surface area contributed by atoms with E-state index in [2.05, 4.69) is 14.5 Å². The third-order valence-corrected chi connectivity index (χ3v) is 2.70. The van der Waals surface area contributed by atoms with Gasteiger partial charge < -0.3 is 9.47 Å². The molecule has 0 aromatic carbocycles. The lowest BCUT2D eigenvalue weighted by molar-refractivity contribution is -0.276. The van der Waals surface area contributed by atoms with Crippen molar-refractivity contribution in [3.8, 4) is 5.75 Å². The second kappa shape index (κ2) is 7.24. The molecular weight excluding hydrogens is 356 g/mol. The van der Waals surface area contributed by atoms with Gasteiger partial charge in [0.05, 0.1) is 24.6 Å². The van der Waals surface area contributed by atoms with E-state index < -0.39 is 53.4 Å². The topological polar surface area (TPSA) is 48.4 Å². The molecule has 1 aromatic rings. The number of pyridine rings is 1. The molecule has 0 fully saturated rings. The van der Waals surface area contributed by atoms with Crippen molar-refractivity contribution >= 4 is 17.6 Å². The summed E-state index contributed by atoms with van der Waals surface area (Å²) < 4.78 is 84.6. The Morgan fingerprint density at radius 2 is 1.87 bits per heavy atom. The van der Waals surface area contributed by atoms with E-state index in [-0.39, 0.29) is 6.61 Å². The minimum atomic E-state index is -5.39. The molecule has 1 heterocycles. The zero-order valence-corrected chi connectivity index (χ0v) is 12.3. The van der Waals surface area contributed by atoms with Gasteiger partial charge >= 0.3 is 18.5 Å². The van der Waals surface area contributed by atoms with Crippen LogP contribution in [0.2, 0.25) is 0 Å². The molecule has 0 aliphatic rings. The summed E-state index contributed by atoms with van der Waals surface area (Å²) in [5.41, 5.74) is -3.32. The molecule has 0 unspecified atom stereocenters. The van der Waals surface area contributed by atoms with Crippen LogP contribution in [-0.2, 0) is 28.0 Å². The molecule has 0 bridgehead atoms. The summed E-state index contributed by atoms with van der Waals surface area (Å²) in [6, 6.07) is 0. The van der Waals surface area contributed by atoms with E-state index in [0.29, 0.717) is 6.20 Å². The molecule has 0 saturated carbocycles. The minimum absolute atomic E-state index is 0.0897. The molecule has 0 N–H and O–H groups in total. The lowest BCUT2D eigenvalue weighted by atomic mass is 10.1. The summed E-state index contributed by atoms with van der Waals surface area (Å²) in [4.78, 5) is 14.7. The summed E-state index contributed by atoms with van der Waals surface area (Å²) in [6.45, 7) is 1.34. The molecule has 0 radical (unpaired) electrons. The monoisotopic (exact) mass is 365 g/mol. The number of esters is 1. The second-order valence-corrected chi connectivity index (χ2v) is 4.36. The normalized spacial score (nSPS) is 12.2. The van der Waals surface area contributed by atoms with Gasteiger partial charge in [0.1, 0.15) is 11.3 Å². The van der Waals surface area contributed by atoms with Gasteiger partial charge in [0.2, 0.25) is 0 Å². The smallest absolute Gasteiger partial charge is 0.466 e. The highest BCUT2D eigenvalue weighted by atomic mass is 35.5. The molecule has 130 valence electrons. The van der Waals surface area contributed by atoms with E-state index in [9.17, 15) is 31.1 Å². The minimum Gasteiger partial charge on any atom is -0.466 e. The Morgan fingerprint density at radius 1 is 1.26 bits per heavy atom. The highest BCUT2D eigenvalue weighted by Crippen LogP contribution is 2.42. The van der Waals surface area contributed by atoms with Crippen molar-refractivity contribution in [2.24, 2.45) is 0 Å². The average Bonchev–Trinajstić information content (AvgIpc) is 2.37. The van der Waals surface area contributed by atoms with Gasteiger partial charge in [-0.1, -0.05) is 0 Å². The number of rotatable bonds is 5. The summed E-state index contributed by atoms with van der Waals surface area (Å²) in [5.74, 6) is -3.36. The van der Waals surface area contributed by atoms with Crippen LogP contribution in [0, 0.1) is 0 Å². The molecule has 4 nitrogen and oxygen atoms in total. The second-order valence-electron chi connectivity index (χ2n) is 4.10. The highest BCUT2D eigenvalue weighted by molar-refractivity contribution is 6.17. The van der Waals surface area contributed by atoms with Gasteiger partial charge in [0.25, 0.3) is 0 Å². The van der Waals surface area contributed by atoms with E-state index >= 15 is 0 Å². The Bertz CT molecular complexity index is 573. The Labute approximate surface area is 131 Å². The maximum absolute atomic E-state index is 13.1. The number of aromatic nitrogens is 1. The van der Waals surface area contributed by atoms with Crippen LogP contribution in [0.25, 0.3) is 0 Å². The van der Waals surface area contributed by atoms with Gasteiger partial charge in [-0.2, -0.15) is 13.2 Å². The van der Waals surface area contributed by atoms with Gasteiger partial charge in [-0.15, -0.1) is 24.8 Å². The van der Waals surface area contributed by atoms with Gasteiger partial charge in [0.15, 0.2) is 0 Å². The predicted molar refractivity (Wildman–Crippen MR) is 65.8 cm³/mol. The first-order valence-electron chi connectivity index (χ1n) is 6.04. The Morgan fingerprint density at radius 3 is 2.30 bits per heavy atom. The van der Waals surface area contributed by atoms with Crippen molar-refractivity contribution in [3.63, 3.8) is 0 Å². The van der Waals surface area contributed by atoms with Crippen LogP contribution in [0.5, 0.6) is 5.75 Å². The van der Waals surface area contributed by atoms with Crippen LogP contribution in [-0.4, -0.2) is 23.9 Å². The number of alkyl halides is 7. The number of hydrogen-bond donors (Lipinski definition) is 0. The van der Waals surface area contributed by atoms with Crippen LogP contribution in [0.1, 0.15) is 23.7 Å². The maximum atomic E-state index is 13.1. The first kappa shape index (κ1) is 19.3.